The number of H-pyrrole nitrogens is 1. The van der Waals surface area contributed by atoms with Crippen LogP contribution in [-0.4, -0.2) is 9.97 Å². The average Bonchev–Trinajstić information content (AvgIpc) is 2.35. The lowest BCUT2D eigenvalue weighted by Gasteiger charge is -2.26. The van der Waals surface area contributed by atoms with Gasteiger partial charge in [-0.15, -0.1) is 0 Å². The van der Waals surface area contributed by atoms with Gasteiger partial charge in [0.1, 0.15) is 10.5 Å². The highest BCUT2D eigenvalue weighted by Crippen LogP contribution is 2.37. The minimum atomic E-state index is -0.0326. The molecular formula is C18H22N2S. The first kappa shape index (κ1) is 14.5. The zero-order chi connectivity index (χ0) is 15.0. The van der Waals surface area contributed by atoms with E-state index in [4.69, 9.17) is 12.2 Å². The molecule has 2 aromatic rings. The summed E-state index contributed by atoms with van der Waals surface area (Å²) in [7, 11) is 0. The molecule has 1 heterocycles. The Morgan fingerprint density at radius 1 is 1.19 bits per heavy atom. The molecule has 3 heteroatoms. The van der Waals surface area contributed by atoms with E-state index in [-0.39, 0.29) is 5.41 Å². The fourth-order valence-electron chi connectivity index (χ4n) is 2.67. The minimum Gasteiger partial charge on any atom is -0.343 e. The number of nitrogens with one attached hydrogen (secondary N) is 1. The van der Waals surface area contributed by atoms with Crippen molar-refractivity contribution in [3.63, 3.8) is 0 Å². The molecule has 0 radical (unpaired) electrons. The van der Waals surface area contributed by atoms with Gasteiger partial charge in [-0.3, -0.25) is 0 Å². The molecule has 0 atom stereocenters. The van der Waals surface area contributed by atoms with E-state index in [0.717, 1.165) is 17.4 Å². The highest BCUT2D eigenvalue weighted by molar-refractivity contribution is 7.71. The summed E-state index contributed by atoms with van der Waals surface area (Å²) < 4.78 is 0.655. The molecule has 2 nitrogen and oxygen atoms in total. The second kappa shape index (κ2) is 5.38. The minimum absolute atomic E-state index is 0.0326. The number of hydrogen-bond acceptors (Lipinski definition) is 2. The molecule has 1 aliphatic carbocycles. The predicted octanol–water partition coefficient (Wildman–Crippen LogP) is 5.37. The molecule has 0 saturated heterocycles. The van der Waals surface area contributed by atoms with Crippen molar-refractivity contribution in [2.24, 2.45) is 0 Å². The van der Waals surface area contributed by atoms with Gasteiger partial charge in [-0.1, -0.05) is 57.6 Å². The van der Waals surface area contributed by atoms with Crippen molar-refractivity contribution in [1.82, 2.24) is 9.97 Å². The van der Waals surface area contributed by atoms with Crippen LogP contribution in [0.1, 0.15) is 57.3 Å². The SMILES string of the molecule is CC(C)(C)c1nc(=S)cc(-c2cccc(C3CCC3)c2)[nH]1. The second-order valence-electron chi connectivity index (χ2n) is 6.98. The zero-order valence-electron chi connectivity index (χ0n) is 12.9. The van der Waals surface area contributed by atoms with Crippen LogP contribution >= 0.6 is 12.2 Å². The Morgan fingerprint density at radius 2 is 1.95 bits per heavy atom. The van der Waals surface area contributed by atoms with Gasteiger partial charge in [0.25, 0.3) is 0 Å². The lowest BCUT2D eigenvalue weighted by Crippen LogP contribution is -2.16. The molecule has 0 spiro atoms. The Balaban J connectivity index is 2.04. The molecule has 110 valence electrons. The number of aromatic amines is 1. The van der Waals surface area contributed by atoms with Gasteiger partial charge in [0.15, 0.2) is 0 Å². The van der Waals surface area contributed by atoms with Gasteiger partial charge < -0.3 is 4.98 Å². The summed E-state index contributed by atoms with van der Waals surface area (Å²) in [6.45, 7) is 6.44. The topological polar surface area (TPSA) is 28.7 Å². The maximum atomic E-state index is 5.34. The first-order valence-electron chi connectivity index (χ1n) is 7.66. The van der Waals surface area contributed by atoms with Gasteiger partial charge in [0.05, 0.1) is 0 Å². The van der Waals surface area contributed by atoms with Gasteiger partial charge in [0, 0.05) is 11.1 Å². The van der Waals surface area contributed by atoms with Crippen LogP contribution in [0.15, 0.2) is 30.3 Å². The van der Waals surface area contributed by atoms with Crippen LogP contribution in [0.2, 0.25) is 0 Å². The van der Waals surface area contributed by atoms with E-state index in [1.165, 1.54) is 30.4 Å². The molecule has 0 unspecified atom stereocenters. The summed E-state index contributed by atoms with van der Waals surface area (Å²) in [5.74, 6) is 1.69. The van der Waals surface area contributed by atoms with Crippen molar-refractivity contribution in [2.75, 3.05) is 0 Å². The molecule has 21 heavy (non-hydrogen) atoms. The van der Waals surface area contributed by atoms with Gasteiger partial charge in [0.2, 0.25) is 0 Å². The van der Waals surface area contributed by atoms with Gasteiger partial charge in [-0.2, -0.15) is 0 Å². The Morgan fingerprint density at radius 3 is 2.57 bits per heavy atom. The molecule has 0 amide bonds. The van der Waals surface area contributed by atoms with Crippen molar-refractivity contribution in [3.8, 4) is 11.3 Å². The van der Waals surface area contributed by atoms with Crippen molar-refractivity contribution in [1.29, 1.82) is 0 Å². The molecule has 0 bridgehead atoms. The Bertz CT molecular complexity index is 706. The fraction of sp³-hybridized carbons (Fsp3) is 0.444. The van der Waals surface area contributed by atoms with E-state index in [0.29, 0.717) is 4.64 Å². The fourth-order valence-corrected chi connectivity index (χ4v) is 2.88. The van der Waals surface area contributed by atoms with Crippen LogP contribution in [0.5, 0.6) is 0 Å². The second-order valence-corrected chi connectivity index (χ2v) is 7.40. The summed E-state index contributed by atoms with van der Waals surface area (Å²) in [6.07, 6.45) is 4.01. The largest absolute Gasteiger partial charge is 0.343 e. The van der Waals surface area contributed by atoms with Gasteiger partial charge in [-0.05, 0) is 42.0 Å². The lowest BCUT2D eigenvalue weighted by molar-refractivity contribution is 0.420. The van der Waals surface area contributed by atoms with E-state index >= 15 is 0 Å². The first-order chi connectivity index (χ1) is 9.93. The van der Waals surface area contributed by atoms with E-state index in [9.17, 15) is 0 Å². The molecule has 0 aliphatic heterocycles. The Hall–Kier alpha value is -1.48. The molecule has 1 aliphatic rings. The van der Waals surface area contributed by atoms with E-state index in [1.54, 1.807) is 0 Å². The van der Waals surface area contributed by atoms with Gasteiger partial charge >= 0.3 is 0 Å². The Kier molecular flexibility index (Phi) is 3.70. The number of aromatic nitrogens is 2. The first-order valence-corrected chi connectivity index (χ1v) is 8.06. The van der Waals surface area contributed by atoms with Crippen LogP contribution < -0.4 is 0 Å². The standard InChI is InChI=1S/C18H22N2S/c1-18(2,3)17-19-15(11-16(21)20-17)14-9-5-8-13(10-14)12-6-4-7-12/h5,8-12H,4,6-7H2,1-3H3,(H,19,20,21). The van der Waals surface area contributed by atoms with E-state index in [2.05, 4.69) is 55.0 Å². The summed E-state index contributed by atoms with van der Waals surface area (Å²) in [6, 6.07) is 10.8. The monoisotopic (exact) mass is 298 g/mol. The third-order valence-corrected chi connectivity index (χ3v) is 4.44. The number of nitrogens with zero attached hydrogens (tertiary/aromatic N) is 1. The lowest BCUT2D eigenvalue weighted by atomic mass is 9.79. The van der Waals surface area contributed by atoms with E-state index < -0.39 is 0 Å². The van der Waals surface area contributed by atoms with Gasteiger partial charge in [-0.25, -0.2) is 4.98 Å². The third kappa shape index (κ3) is 3.08. The smallest absolute Gasteiger partial charge is 0.130 e. The predicted molar refractivity (Wildman–Crippen MR) is 90.1 cm³/mol. The molecule has 1 saturated carbocycles. The summed E-state index contributed by atoms with van der Waals surface area (Å²) in [5.41, 5.74) is 3.70. The summed E-state index contributed by atoms with van der Waals surface area (Å²) in [5, 5.41) is 0. The number of rotatable bonds is 2. The molecule has 1 aromatic heterocycles. The normalized spacial score (nSPS) is 15.8. The van der Waals surface area contributed by atoms with Crippen molar-refractivity contribution in [3.05, 3.63) is 46.4 Å². The van der Waals surface area contributed by atoms with Crippen molar-refractivity contribution >= 4 is 12.2 Å². The molecular weight excluding hydrogens is 276 g/mol. The van der Waals surface area contributed by atoms with Crippen LogP contribution in [0.25, 0.3) is 11.3 Å². The Labute approximate surface area is 131 Å². The van der Waals surface area contributed by atoms with Crippen LogP contribution in [-0.2, 0) is 5.41 Å². The average molecular weight is 298 g/mol. The number of benzene rings is 1. The summed E-state index contributed by atoms with van der Waals surface area (Å²) in [4.78, 5) is 7.94. The van der Waals surface area contributed by atoms with E-state index in [1.807, 2.05) is 6.07 Å². The molecule has 1 N–H and O–H groups in total. The maximum Gasteiger partial charge on any atom is 0.130 e. The highest BCUT2D eigenvalue weighted by atomic mass is 32.1. The quantitative estimate of drug-likeness (QED) is 0.755. The third-order valence-electron chi connectivity index (χ3n) is 4.23. The highest BCUT2D eigenvalue weighted by Gasteiger charge is 2.20. The summed E-state index contributed by atoms with van der Waals surface area (Å²) >= 11 is 5.34. The molecule has 1 aromatic carbocycles. The van der Waals surface area contributed by atoms with Crippen molar-refractivity contribution in [2.45, 2.75) is 51.4 Å². The maximum absolute atomic E-state index is 5.34. The molecule has 1 fully saturated rings. The van der Waals surface area contributed by atoms with Crippen LogP contribution in [0.4, 0.5) is 0 Å². The zero-order valence-corrected chi connectivity index (χ0v) is 13.8. The van der Waals surface area contributed by atoms with Crippen LogP contribution in [0.3, 0.4) is 0 Å². The van der Waals surface area contributed by atoms with Crippen LogP contribution in [0, 0.1) is 4.64 Å². The number of hydrogen-bond donors (Lipinski definition) is 1. The van der Waals surface area contributed by atoms with Crippen molar-refractivity contribution < 1.29 is 0 Å². The molecule has 3 rings (SSSR count).